The van der Waals surface area contributed by atoms with Gasteiger partial charge >= 0.3 is 0 Å². The van der Waals surface area contributed by atoms with Crippen molar-refractivity contribution >= 4 is 157 Å². The van der Waals surface area contributed by atoms with E-state index in [1.54, 1.807) is 42.4 Å². The van der Waals surface area contributed by atoms with Crippen molar-refractivity contribution in [3.05, 3.63) is 217 Å². The Morgan fingerprint density at radius 2 is 0.913 bits per heavy atom. The lowest BCUT2D eigenvalue weighted by Crippen LogP contribution is -2.38. The lowest BCUT2D eigenvalue weighted by Gasteiger charge is -2.26. The summed E-state index contributed by atoms with van der Waals surface area (Å²) in [5.74, 6) is 5.76. The predicted molar refractivity (Wildman–Crippen MR) is 502 cm³/mol. The number of nitrogens with zero attached hydrogens (tertiary/aromatic N) is 22. The largest absolute Gasteiger partial charge is 0.437 e. The Labute approximate surface area is 746 Å². The molecule has 650 valence electrons. The highest BCUT2D eigenvalue weighted by Crippen LogP contribution is 2.46. The second-order valence-electron chi connectivity index (χ2n) is 33.1. The first-order chi connectivity index (χ1) is 61.6. The van der Waals surface area contributed by atoms with Crippen LogP contribution >= 0.6 is 35.0 Å². The summed E-state index contributed by atoms with van der Waals surface area (Å²) in [6.07, 6.45) is 19.3. The Hall–Kier alpha value is -13.4. The number of fused-ring (bicyclic) bond motifs is 8. The SMILES string of the molecule is CC(C)(C)n1nc(Nc2cccc3ccccc23)c2c(N)ncnc21.CC(C)(C)n1nc(Oc2cccc3ccccc23)c2c(N)ncnc21.Nc1ncnc2c1c(Oc1cccc(Cl)c1)nn2CCN1CCCCC1.Nc1ncnc2c1c(Oc1cccc(Cl)c1)nn2CCN1CCOCC1.Nc1ncnc2c1c(SC1=CCc3ccccc31)nn2C1CCCC1. The van der Waals surface area contributed by atoms with Crippen molar-refractivity contribution in [2.75, 3.05) is 86.5 Å². The molecular formula is C92H98Cl2N28O4S. The maximum Gasteiger partial charge on any atom is 0.251 e. The number of rotatable bonds is 17. The number of likely N-dealkylation sites (tertiary alicyclic amines) is 1. The van der Waals surface area contributed by atoms with Gasteiger partial charge in [0.05, 0.1) is 48.8 Å². The third-order valence-electron chi connectivity index (χ3n) is 22.3. The minimum absolute atomic E-state index is 0.224. The van der Waals surface area contributed by atoms with Gasteiger partial charge in [-0.1, -0.05) is 169 Å². The zero-order valence-electron chi connectivity index (χ0n) is 71.3. The van der Waals surface area contributed by atoms with Crippen LogP contribution in [-0.4, -0.2) is 161 Å². The maximum absolute atomic E-state index is 6.20. The van der Waals surface area contributed by atoms with E-state index in [1.807, 2.05) is 110 Å². The Kier molecular flexibility index (Phi) is 25.5. The fourth-order valence-electron chi connectivity index (χ4n) is 16.0. The van der Waals surface area contributed by atoms with E-state index in [9.17, 15) is 0 Å². The van der Waals surface area contributed by atoms with Crippen LogP contribution in [0.5, 0.6) is 34.9 Å². The van der Waals surface area contributed by atoms with Crippen LogP contribution in [0.15, 0.2) is 200 Å². The van der Waals surface area contributed by atoms with Gasteiger partial charge in [0, 0.05) is 57.6 Å². The van der Waals surface area contributed by atoms with Crippen molar-refractivity contribution in [2.24, 2.45) is 0 Å². The van der Waals surface area contributed by atoms with Gasteiger partial charge in [0.25, 0.3) is 17.6 Å². The van der Waals surface area contributed by atoms with E-state index in [-0.39, 0.29) is 11.1 Å². The molecule has 0 radical (unpaired) electrons. The standard InChI is InChI=1S/C19H20N6.C19H19N5O.C19H19N5S.C18H21ClN6O.C17H19ClN6O2/c1-19(2,3)25-18-15(16(20)21-11-22-18)17(24-25)23-14-10-6-8-12-7-4-5-9-13(12)14;1-19(2,3)24-17-15(16(20)21-11-22-17)18(23-24)25-14-10-6-8-12-7-4-5-9-13(12)14;20-17-16-18(22-11-21-17)24(13-6-2-3-7-13)23-19(16)25-15-10-9-12-5-1-4-8-14(12)15;19-13-5-4-6-14(11-13)26-18-15-16(20)21-12-22-17(15)25(23-18)10-9-24-7-2-1-3-8-24;18-12-2-1-3-13(10-12)26-17-14-15(19)20-11-21-16(14)24(22-17)5-4-23-6-8-25-9-7-23/h4-11H,1-3H3,(H,23,24)(H2,20,21,22);4-11H,1-3H3,(H2,20,21,22);1,4-5,8,10-11,13H,2-3,6-7,9H2,(H2,20,21,22);4-6,11-12H,1-3,7-10H2,(H2,20,21,22);1-3,10-11H,4-9H2,(H2,19,20,21). The van der Waals surface area contributed by atoms with Crippen LogP contribution in [-0.2, 0) is 35.3 Å². The number of nitrogens with one attached hydrogen (secondary N) is 1. The number of hydrogen-bond donors (Lipinski definition) is 6. The van der Waals surface area contributed by atoms with Crippen molar-refractivity contribution in [1.29, 1.82) is 0 Å². The molecule has 0 spiro atoms. The van der Waals surface area contributed by atoms with Crippen LogP contribution < -0.4 is 48.2 Å². The zero-order chi connectivity index (χ0) is 87.9. The summed E-state index contributed by atoms with van der Waals surface area (Å²) in [5, 5.41) is 36.9. The molecule has 2 aliphatic carbocycles. The van der Waals surface area contributed by atoms with Crippen molar-refractivity contribution in [3.8, 4) is 34.9 Å². The molecule has 0 unspecified atom stereocenters. The minimum atomic E-state index is -0.264. The second kappa shape index (κ2) is 37.8. The molecular weight excluding hydrogens is 1660 g/mol. The first-order valence-electron chi connectivity index (χ1n) is 42.3. The Morgan fingerprint density at radius 1 is 0.441 bits per heavy atom. The first kappa shape index (κ1) is 85.7. The summed E-state index contributed by atoms with van der Waals surface area (Å²) in [4.78, 5) is 48.6. The van der Waals surface area contributed by atoms with Crippen LogP contribution in [0, 0.1) is 0 Å². The fourth-order valence-corrected chi connectivity index (χ4v) is 17.4. The van der Waals surface area contributed by atoms with Crippen LogP contribution in [0.3, 0.4) is 0 Å². The molecule has 4 aliphatic rings. The minimum Gasteiger partial charge on any atom is -0.437 e. The van der Waals surface area contributed by atoms with E-state index in [0.717, 1.165) is 138 Å². The Bertz CT molecular complexity index is 6510. The van der Waals surface area contributed by atoms with Crippen molar-refractivity contribution in [1.82, 2.24) is 109 Å². The lowest BCUT2D eigenvalue weighted by molar-refractivity contribution is 0.0361. The van der Waals surface area contributed by atoms with E-state index < -0.39 is 0 Å². The van der Waals surface area contributed by atoms with Crippen LogP contribution in [0.2, 0.25) is 10.0 Å². The van der Waals surface area contributed by atoms with Gasteiger partial charge in [0.1, 0.15) is 105 Å². The Balaban J connectivity index is 0.000000112. The highest BCUT2D eigenvalue weighted by atomic mass is 35.5. The molecule has 0 atom stereocenters. The molecule has 1 saturated carbocycles. The third-order valence-corrected chi connectivity index (χ3v) is 23.8. The summed E-state index contributed by atoms with van der Waals surface area (Å²) in [6, 6.07) is 51.6. The summed E-state index contributed by atoms with van der Waals surface area (Å²) in [7, 11) is 0. The molecule has 2 aliphatic heterocycles. The predicted octanol–water partition coefficient (Wildman–Crippen LogP) is 17.9. The molecule has 3 fully saturated rings. The summed E-state index contributed by atoms with van der Waals surface area (Å²) < 4.78 is 32.9. The van der Waals surface area contributed by atoms with Crippen molar-refractivity contribution in [3.63, 3.8) is 0 Å². The van der Waals surface area contributed by atoms with Crippen molar-refractivity contribution < 1.29 is 18.9 Å². The second-order valence-corrected chi connectivity index (χ2v) is 35.0. The maximum atomic E-state index is 6.20. The monoisotopic (exact) mass is 1760 g/mol. The van der Waals surface area contributed by atoms with E-state index in [0.29, 0.717) is 120 Å². The van der Waals surface area contributed by atoms with Gasteiger partial charge in [-0.15, -0.1) is 15.3 Å². The molecule has 0 bridgehead atoms. The number of nitrogen functional groups attached to an aromatic ring is 5. The number of ether oxygens (including phenoxy) is 4. The number of allylic oxidation sites excluding steroid dienone is 1. The van der Waals surface area contributed by atoms with Gasteiger partial charge in [0.15, 0.2) is 34.1 Å². The average Bonchev–Trinajstić information content (AvgIpc) is 1.63. The molecule has 35 heteroatoms. The van der Waals surface area contributed by atoms with Gasteiger partial charge in [-0.3, -0.25) is 4.90 Å². The third kappa shape index (κ3) is 19.2. The molecule has 10 aromatic heterocycles. The number of thioether (sulfide) groups is 1. The number of halogens is 2. The number of anilines is 7. The summed E-state index contributed by atoms with van der Waals surface area (Å²) in [5.41, 5.74) is 37.3. The van der Waals surface area contributed by atoms with Gasteiger partial charge in [0.2, 0.25) is 0 Å². The van der Waals surface area contributed by atoms with Gasteiger partial charge in [-0.2, -0.15) is 10.2 Å². The number of morpholine rings is 1. The molecule has 7 aromatic carbocycles. The summed E-state index contributed by atoms with van der Waals surface area (Å²) >= 11 is 13.8. The van der Waals surface area contributed by atoms with Crippen molar-refractivity contribution in [2.45, 2.75) is 128 Å². The van der Waals surface area contributed by atoms with Crippen LogP contribution in [0.4, 0.5) is 40.6 Å². The number of aromatic nitrogens is 20. The molecule has 21 rings (SSSR count). The smallest absolute Gasteiger partial charge is 0.251 e. The van der Waals surface area contributed by atoms with E-state index in [1.165, 1.54) is 73.4 Å². The Morgan fingerprint density at radius 3 is 1.50 bits per heavy atom. The topological polar surface area (TPSA) is 404 Å². The van der Waals surface area contributed by atoms with Gasteiger partial charge in [-0.05, 0) is 157 Å². The van der Waals surface area contributed by atoms with Gasteiger partial charge < -0.3 is 57.8 Å². The first-order valence-corrected chi connectivity index (χ1v) is 43.9. The van der Waals surface area contributed by atoms with Crippen LogP contribution in [0.1, 0.15) is 104 Å². The summed E-state index contributed by atoms with van der Waals surface area (Å²) in [6.45, 7) is 21.2. The average molecular weight is 1760 g/mol. The molecule has 12 heterocycles. The quantitative estimate of drug-likeness (QED) is 0.0493. The number of hydrogen-bond acceptors (Lipinski definition) is 28. The van der Waals surface area contributed by atoms with E-state index in [2.05, 4.69) is 175 Å². The molecule has 127 heavy (non-hydrogen) atoms. The number of piperidine rings is 1. The molecule has 0 amide bonds. The van der Waals surface area contributed by atoms with Crippen LogP contribution in [0.25, 0.3) is 81.6 Å². The van der Waals surface area contributed by atoms with Gasteiger partial charge in [-0.25, -0.2) is 73.2 Å². The normalized spacial score (nSPS) is 14.4. The highest BCUT2D eigenvalue weighted by Gasteiger charge is 2.30. The molecule has 32 nitrogen and oxygen atoms in total. The fraction of sp³-hybridized carbons (Fsp3) is 0.293. The molecule has 17 aromatic rings. The lowest BCUT2D eigenvalue weighted by atomic mass is 10.1. The number of benzene rings is 7. The van der Waals surface area contributed by atoms with E-state index >= 15 is 0 Å². The van der Waals surface area contributed by atoms with E-state index in [4.69, 9.17) is 81.0 Å². The molecule has 2 saturated heterocycles. The zero-order valence-corrected chi connectivity index (χ0v) is 73.6. The highest BCUT2D eigenvalue weighted by molar-refractivity contribution is 8.08. The molecule has 11 N–H and O–H groups in total. The number of nitrogens with two attached hydrogens (primary N) is 5.